The van der Waals surface area contributed by atoms with E-state index in [1.807, 2.05) is 13.8 Å². The number of aliphatic hydroxyl groups excluding tert-OH is 1. The maximum absolute atomic E-state index is 13.8. The third-order valence-electron chi connectivity index (χ3n) is 2.99. The Hall–Kier alpha value is -2.98. The Kier molecular flexibility index (Phi) is 13.5. The number of carbonyl (C=O) groups is 2. The van der Waals surface area contributed by atoms with Crippen molar-refractivity contribution in [2.45, 2.75) is 34.1 Å². The van der Waals surface area contributed by atoms with Crippen LogP contribution in [0, 0.1) is 11.6 Å². The number of hydrogen-bond acceptors (Lipinski definition) is 8. The van der Waals surface area contributed by atoms with Crippen LogP contribution in [-0.4, -0.2) is 35.0 Å². The fourth-order valence-electron chi connectivity index (χ4n) is 1.86. The Morgan fingerprint density at radius 2 is 1.90 bits per heavy atom. The quantitative estimate of drug-likeness (QED) is 0.338. The third kappa shape index (κ3) is 8.18. The summed E-state index contributed by atoms with van der Waals surface area (Å²) in [6.45, 7) is 7.64. The molecule has 2 aromatic rings. The van der Waals surface area contributed by atoms with Gasteiger partial charge in [0, 0.05) is 19.2 Å². The molecule has 7 nitrogen and oxygen atoms in total. The number of anilines is 2. The lowest BCUT2D eigenvalue weighted by Gasteiger charge is -2.02. The minimum absolute atomic E-state index is 0.0844. The van der Waals surface area contributed by atoms with Gasteiger partial charge in [-0.1, -0.05) is 31.3 Å². The van der Waals surface area contributed by atoms with Gasteiger partial charge in [0.05, 0.1) is 5.56 Å². The van der Waals surface area contributed by atoms with Gasteiger partial charge in [-0.15, -0.1) is 0 Å². The maximum Gasteiger partial charge on any atom is 0.212 e. The second-order valence-electron chi connectivity index (χ2n) is 4.99. The van der Waals surface area contributed by atoms with E-state index in [2.05, 4.69) is 15.3 Å². The molecule has 0 saturated heterocycles. The van der Waals surface area contributed by atoms with Gasteiger partial charge in [0.1, 0.15) is 34.4 Å². The summed E-state index contributed by atoms with van der Waals surface area (Å²) in [4.78, 5) is 30.6. The normalized spacial score (nSPS) is 10.6. The highest BCUT2D eigenvalue weighted by Crippen LogP contribution is 2.29. The highest BCUT2D eigenvalue weighted by atomic mass is 32.1. The zero-order valence-corrected chi connectivity index (χ0v) is 18.1. The van der Waals surface area contributed by atoms with Crippen LogP contribution in [0.1, 0.15) is 49.4 Å². The third-order valence-corrected chi connectivity index (χ3v) is 3.98. The molecular formula is C20H26F2N4O3S. The molecule has 2 rings (SSSR count). The van der Waals surface area contributed by atoms with Crippen LogP contribution in [0.2, 0.25) is 0 Å². The van der Waals surface area contributed by atoms with Gasteiger partial charge in [-0.25, -0.2) is 18.8 Å². The van der Waals surface area contributed by atoms with Gasteiger partial charge in [0.25, 0.3) is 0 Å². The molecule has 4 N–H and O–H groups in total. The topological polar surface area (TPSA) is 118 Å². The highest BCUT2D eigenvalue weighted by Gasteiger charge is 2.24. The number of aldehydes is 1. The number of nitrogens with one attached hydrogen (secondary N) is 1. The fourth-order valence-corrected chi connectivity index (χ4v) is 2.70. The summed E-state index contributed by atoms with van der Waals surface area (Å²) in [6, 6.07) is 3.15. The Labute approximate surface area is 178 Å². The molecular weight excluding hydrogens is 414 g/mol. The zero-order valence-electron chi connectivity index (χ0n) is 17.3. The first kappa shape index (κ1) is 27.0. The largest absolute Gasteiger partial charge is 0.397 e. The standard InChI is InChI=1S/C16H14F2N4O2S.C2H6O.C2H6/c1-2-11(20-7-4-8-23)21-16-22-15(19)14(25-16)13(24)12-9(17)5-3-6-10(12)18;1-2-3;1-2/h2-3,5-8H,4,19H2,1H3,(H,21,22);3H,2H2,1H3;1-2H3/b11-2+,20-7-;;. The van der Waals surface area contributed by atoms with Crippen LogP contribution < -0.4 is 11.1 Å². The molecule has 0 bridgehead atoms. The molecule has 0 atom stereocenters. The van der Waals surface area contributed by atoms with Crippen molar-refractivity contribution in [1.29, 1.82) is 0 Å². The van der Waals surface area contributed by atoms with E-state index in [1.165, 1.54) is 12.3 Å². The number of rotatable bonds is 7. The monoisotopic (exact) mass is 440 g/mol. The van der Waals surface area contributed by atoms with Crippen LogP contribution in [0.15, 0.2) is 35.1 Å². The summed E-state index contributed by atoms with van der Waals surface area (Å²) in [5.74, 6) is -2.59. The van der Waals surface area contributed by atoms with Gasteiger partial charge in [-0.2, -0.15) is 0 Å². The van der Waals surface area contributed by atoms with Crippen molar-refractivity contribution in [3.05, 3.63) is 52.2 Å². The van der Waals surface area contributed by atoms with E-state index in [0.29, 0.717) is 12.1 Å². The first-order valence-corrected chi connectivity index (χ1v) is 9.96. The molecule has 0 spiro atoms. The van der Waals surface area contributed by atoms with E-state index in [1.54, 1.807) is 19.9 Å². The zero-order chi connectivity index (χ0) is 23.1. The second-order valence-corrected chi connectivity index (χ2v) is 5.99. The average Bonchev–Trinajstić information content (AvgIpc) is 3.09. The molecule has 0 radical (unpaired) electrons. The molecule has 1 heterocycles. The van der Waals surface area contributed by atoms with Crippen molar-refractivity contribution in [2.24, 2.45) is 4.99 Å². The highest BCUT2D eigenvalue weighted by molar-refractivity contribution is 7.18. The minimum atomic E-state index is -0.972. The van der Waals surface area contributed by atoms with Crippen molar-refractivity contribution in [2.75, 3.05) is 17.7 Å². The van der Waals surface area contributed by atoms with Gasteiger partial charge >= 0.3 is 0 Å². The van der Waals surface area contributed by atoms with Crippen molar-refractivity contribution in [3.8, 4) is 0 Å². The van der Waals surface area contributed by atoms with E-state index in [9.17, 15) is 18.4 Å². The minimum Gasteiger partial charge on any atom is -0.397 e. The Bertz CT molecular complexity index is 863. The lowest BCUT2D eigenvalue weighted by Crippen LogP contribution is -2.07. The number of nitrogen functional groups attached to an aromatic ring is 1. The van der Waals surface area contributed by atoms with Gasteiger partial charge in [0.2, 0.25) is 5.78 Å². The maximum atomic E-state index is 13.8. The van der Waals surface area contributed by atoms with Gasteiger partial charge in [0.15, 0.2) is 5.13 Å². The lowest BCUT2D eigenvalue weighted by atomic mass is 10.1. The number of allylic oxidation sites excluding steroid dienone is 1. The molecule has 0 aliphatic heterocycles. The molecule has 1 aromatic heterocycles. The first-order chi connectivity index (χ1) is 14.4. The number of thiazole rings is 1. The van der Waals surface area contributed by atoms with Crippen molar-refractivity contribution < 1.29 is 23.5 Å². The summed E-state index contributed by atoms with van der Waals surface area (Å²) < 4.78 is 27.5. The first-order valence-electron chi connectivity index (χ1n) is 9.14. The molecule has 0 fully saturated rings. The fraction of sp³-hybridized carbons (Fsp3) is 0.300. The summed E-state index contributed by atoms with van der Waals surface area (Å²) in [7, 11) is 0. The van der Waals surface area contributed by atoms with E-state index in [-0.39, 0.29) is 28.9 Å². The predicted octanol–water partition coefficient (Wildman–Crippen LogP) is 4.19. The predicted molar refractivity (Wildman–Crippen MR) is 117 cm³/mol. The number of hydrogen-bond donors (Lipinski definition) is 3. The number of benzene rings is 1. The number of aromatic nitrogens is 1. The second kappa shape index (κ2) is 14.9. The average molecular weight is 441 g/mol. The van der Waals surface area contributed by atoms with E-state index in [0.717, 1.165) is 23.5 Å². The van der Waals surface area contributed by atoms with Crippen molar-refractivity contribution >= 4 is 40.6 Å². The number of ketones is 1. The smallest absolute Gasteiger partial charge is 0.212 e. The molecule has 0 saturated carbocycles. The van der Waals surface area contributed by atoms with Crippen LogP contribution in [0.5, 0.6) is 0 Å². The molecule has 0 amide bonds. The van der Waals surface area contributed by atoms with Gasteiger partial charge < -0.3 is 21.0 Å². The van der Waals surface area contributed by atoms with Crippen LogP contribution in [-0.2, 0) is 4.79 Å². The summed E-state index contributed by atoms with van der Waals surface area (Å²) in [6.07, 6.45) is 3.86. The van der Waals surface area contributed by atoms with Crippen molar-refractivity contribution in [3.63, 3.8) is 0 Å². The Morgan fingerprint density at radius 3 is 2.40 bits per heavy atom. The van der Waals surface area contributed by atoms with E-state index >= 15 is 0 Å². The van der Waals surface area contributed by atoms with E-state index < -0.39 is 23.0 Å². The summed E-state index contributed by atoms with van der Waals surface area (Å²) in [5.41, 5.74) is 5.03. The van der Waals surface area contributed by atoms with Gasteiger partial charge in [-0.05, 0) is 32.1 Å². The molecule has 0 aliphatic rings. The molecule has 0 aliphatic carbocycles. The number of aliphatic imine (C=N–C) groups is 1. The summed E-state index contributed by atoms with van der Waals surface area (Å²) in [5, 5.41) is 10.6. The molecule has 30 heavy (non-hydrogen) atoms. The number of halogens is 2. The summed E-state index contributed by atoms with van der Waals surface area (Å²) >= 11 is 0.848. The van der Waals surface area contributed by atoms with Gasteiger partial charge in [-0.3, -0.25) is 4.79 Å². The molecule has 164 valence electrons. The number of nitrogens with two attached hydrogens (primary N) is 1. The van der Waals surface area contributed by atoms with Crippen LogP contribution in [0.3, 0.4) is 0 Å². The molecule has 0 unspecified atom stereocenters. The Balaban J connectivity index is 0.00000154. The molecule has 1 aromatic carbocycles. The van der Waals surface area contributed by atoms with Crippen LogP contribution in [0.4, 0.5) is 19.7 Å². The number of nitrogens with zero attached hydrogens (tertiary/aromatic N) is 2. The molecule has 10 heteroatoms. The van der Waals surface area contributed by atoms with E-state index in [4.69, 9.17) is 10.8 Å². The number of carbonyl (C=O) groups excluding carboxylic acids is 2. The van der Waals surface area contributed by atoms with Crippen LogP contribution >= 0.6 is 11.3 Å². The Morgan fingerprint density at radius 1 is 1.33 bits per heavy atom. The van der Waals surface area contributed by atoms with Crippen molar-refractivity contribution in [1.82, 2.24) is 4.98 Å². The number of aliphatic hydroxyl groups is 1. The SMILES string of the molecule is C/C=C(\N=C/CC=O)Nc1nc(N)c(C(=O)c2c(F)cccc2F)s1.CC.CCO. The lowest BCUT2D eigenvalue weighted by molar-refractivity contribution is -0.106. The van der Waals surface area contributed by atoms with Crippen LogP contribution in [0.25, 0.3) is 0 Å².